The summed E-state index contributed by atoms with van der Waals surface area (Å²) < 4.78 is 55.1. The summed E-state index contributed by atoms with van der Waals surface area (Å²) in [7, 11) is -0.327. The topological polar surface area (TPSA) is 46.2 Å². The van der Waals surface area contributed by atoms with Gasteiger partial charge in [0, 0.05) is 0 Å². The highest BCUT2D eigenvalue weighted by molar-refractivity contribution is 7.91. The summed E-state index contributed by atoms with van der Waals surface area (Å²) in [6.07, 6.45) is 0. The van der Waals surface area contributed by atoms with Crippen molar-refractivity contribution in [1.29, 1.82) is 0 Å². The Hall–Kier alpha value is 0.522. The summed E-state index contributed by atoms with van der Waals surface area (Å²) in [6.45, 7) is 0. The molecule has 0 heterocycles. The van der Waals surface area contributed by atoms with Crippen molar-refractivity contribution in [2.24, 2.45) is 0 Å². The molecule has 10 heavy (non-hydrogen) atoms. The van der Waals surface area contributed by atoms with Gasteiger partial charge in [-0.25, -0.2) is 18.5 Å². The third-order valence-corrected chi connectivity index (χ3v) is 4.10. The fourth-order valence-electron chi connectivity index (χ4n) is 0.154. The van der Waals surface area contributed by atoms with Gasteiger partial charge in [-0.3, -0.25) is 3.71 Å². The molecule has 0 fully saturated rings. The first-order valence-corrected chi connectivity index (χ1v) is 6.26. The predicted octanol–water partition coefficient (Wildman–Crippen LogP) is -0.0691. The van der Waals surface area contributed by atoms with Gasteiger partial charge < -0.3 is 0 Å². The third-order valence-electron chi connectivity index (χ3n) is 0.549. The maximum absolute atomic E-state index is 11.3. The molecule has 0 aliphatic carbocycles. The van der Waals surface area contributed by atoms with Crippen LogP contribution in [0.5, 0.6) is 0 Å². The Labute approximate surface area is 65.7 Å². The SMILES string of the molecule is O=S(=O)([NH][AlH][Cl])C(F)(F)F. The molecule has 0 aromatic carbocycles. The number of rotatable bonds is 2. The van der Waals surface area contributed by atoms with Crippen molar-refractivity contribution in [3.8, 4) is 0 Å². The number of alkyl halides is 3. The van der Waals surface area contributed by atoms with Crippen LogP contribution in [-0.2, 0) is 10.0 Å². The summed E-state index contributed by atoms with van der Waals surface area (Å²) in [5.41, 5.74) is -5.24. The molecule has 0 atom stereocenters. The normalized spacial score (nSPS) is 13.2. The van der Waals surface area contributed by atoms with Crippen LogP contribution in [0.1, 0.15) is 0 Å². The summed E-state index contributed by atoms with van der Waals surface area (Å²) in [5, 5.41) is 0. The Morgan fingerprint density at radius 1 is 1.40 bits per heavy atom. The standard InChI is InChI=1S/CHF3NO2S.Al.ClH.H/c2-1(3,4)8(5,6)7;;;/h(H-,5,6,7);;1H;/q-1;+2;;/p-1. The minimum atomic E-state index is -5.24. The molecule has 0 saturated heterocycles. The molecular weight excluding hydrogens is 210 g/mol. The van der Waals surface area contributed by atoms with Crippen LogP contribution in [0.2, 0.25) is 0 Å². The second-order valence-electron chi connectivity index (χ2n) is 1.23. The average molecular weight is 212 g/mol. The van der Waals surface area contributed by atoms with Crippen LogP contribution in [0.4, 0.5) is 13.2 Å². The molecule has 1 N–H and O–H groups in total. The lowest BCUT2D eigenvalue weighted by Crippen LogP contribution is -2.36. The Balaban J connectivity index is 4.44. The smallest absolute Gasteiger partial charge is 0.275 e. The van der Waals surface area contributed by atoms with Crippen molar-refractivity contribution in [2.45, 2.75) is 5.51 Å². The van der Waals surface area contributed by atoms with Gasteiger partial charge in [-0.05, 0) is 0 Å². The maximum atomic E-state index is 11.3. The molecule has 60 valence electrons. The van der Waals surface area contributed by atoms with Crippen molar-refractivity contribution < 1.29 is 21.6 Å². The van der Waals surface area contributed by atoms with E-state index in [1.165, 1.54) is 3.71 Å². The minimum absolute atomic E-state index is 1.21. The van der Waals surface area contributed by atoms with E-state index in [1.54, 1.807) is 0 Å². The van der Waals surface area contributed by atoms with Crippen molar-refractivity contribution in [1.82, 2.24) is 3.71 Å². The Kier molecular flexibility index (Phi) is 3.45. The van der Waals surface area contributed by atoms with Crippen molar-refractivity contribution >= 4 is 34.6 Å². The van der Waals surface area contributed by atoms with E-state index < -0.39 is 30.1 Å². The fourth-order valence-corrected chi connectivity index (χ4v) is 2.68. The van der Waals surface area contributed by atoms with E-state index in [-0.39, 0.29) is 0 Å². The zero-order chi connectivity index (χ0) is 8.41. The van der Waals surface area contributed by atoms with E-state index in [4.69, 9.17) is 10.0 Å². The first-order valence-electron chi connectivity index (χ1n) is 1.93. The van der Waals surface area contributed by atoms with Gasteiger partial charge in [0.15, 0.2) is 0 Å². The number of hydrogen-bond acceptors (Lipinski definition) is 2. The number of sulfonamides is 1. The van der Waals surface area contributed by atoms with E-state index in [0.717, 1.165) is 0 Å². The molecule has 0 aromatic heterocycles. The van der Waals surface area contributed by atoms with Gasteiger partial charge in [-0.1, -0.05) is 0 Å². The number of halogens is 4. The minimum Gasteiger partial charge on any atom is -0.275 e. The van der Waals surface area contributed by atoms with Gasteiger partial charge >= 0.3 is 20.0 Å². The van der Waals surface area contributed by atoms with Crippen LogP contribution in [0, 0.1) is 0 Å². The molecule has 0 bridgehead atoms. The summed E-state index contributed by atoms with van der Waals surface area (Å²) in [6, 6.07) is 0. The first-order chi connectivity index (χ1) is 4.31. The molecule has 0 aromatic rings. The zero-order valence-electron chi connectivity index (χ0n) is 4.44. The highest BCUT2D eigenvalue weighted by Crippen LogP contribution is 2.20. The molecule has 0 spiro atoms. The average Bonchev–Trinajstić information content (AvgIpc) is 1.61. The van der Waals surface area contributed by atoms with Gasteiger partial charge in [0.1, 0.15) is 0 Å². The quantitative estimate of drug-likeness (QED) is 0.650. The van der Waals surface area contributed by atoms with Crippen molar-refractivity contribution in [2.75, 3.05) is 0 Å². The number of hydrogen-bond donors (Lipinski definition) is 1. The second kappa shape index (κ2) is 3.28. The van der Waals surface area contributed by atoms with Crippen LogP contribution in [-0.4, -0.2) is 28.4 Å². The number of nitrogens with one attached hydrogen (secondary N) is 1. The largest absolute Gasteiger partial charge is 0.509 e. The summed E-state index contributed by atoms with van der Waals surface area (Å²) >= 11 is -1.86. The molecule has 0 rings (SSSR count). The van der Waals surface area contributed by atoms with Crippen LogP contribution in [0.25, 0.3) is 0 Å². The van der Waals surface area contributed by atoms with Gasteiger partial charge in [-0.2, -0.15) is 13.2 Å². The fraction of sp³-hybridized carbons (Fsp3) is 1.00. The maximum Gasteiger partial charge on any atom is 0.509 e. The van der Waals surface area contributed by atoms with Gasteiger partial charge in [0.2, 0.25) is 0 Å². The summed E-state index contributed by atoms with van der Waals surface area (Å²) in [5.74, 6) is 0. The third kappa shape index (κ3) is 2.64. The Bertz CT molecular complexity index is 199. The van der Waals surface area contributed by atoms with E-state index in [9.17, 15) is 21.6 Å². The Morgan fingerprint density at radius 3 is 1.90 bits per heavy atom. The van der Waals surface area contributed by atoms with Crippen molar-refractivity contribution in [3.05, 3.63) is 0 Å². The van der Waals surface area contributed by atoms with Crippen LogP contribution >= 0.6 is 10.0 Å². The lowest BCUT2D eigenvalue weighted by Gasteiger charge is -2.05. The first kappa shape index (κ1) is 10.5. The monoisotopic (exact) mass is 211 g/mol. The van der Waals surface area contributed by atoms with E-state index in [0.29, 0.717) is 0 Å². The molecule has 0 aliphatic rings. The lowest BCUT2D eigenvalue weighted by molar-refractivity contribution is -0.0441. The van der Waals surface area contributed by atoms with Crippen LogP contribution < -0.4 is 3.71 Å². The second-order valence-corrected chi connectivity index (χ2v) is 4.92. The zero-order valence-corrected chi connectivity index (χ0v) is 7.43. The van der Waals surface area contributed by atoms with Gasteiger partial charge in [0.05, 0.1) is 0 Å². The molecule has 0 unspecified atom stereocenters. The molecular formula is CH2AlClF3NO2S. The summed E-state index contributed by atoms with van der Waals surface area (Å²) in [4.78, 5) is 0. The van der Waals surface area contributed by atoms with Gasteiger partial charge in [-0.15, -0.1) is 0 Å². The van der Waals surface area contributed by atoms with E-state index >= 15 is 0 Å². The lowest BCUT2D eigenvalue weighted by atomic mass is 11.6. The van der Waals surface area contributed by atoms with Gasteiger partial charge in [0.25, 0.3) is 10.0 Å². The van der Waals surface area contributed by atoms with E-state index in [1.807, 2.05) is 0 Å². The molecule has 0 aliphatic heterocycles. The van der Waals surface area contributed by atoms with Crippen LogP contribution in [0.3, 0.4) is 0 Å². The predicted molar refractivity (Wildman–Crippen MR) is 31.1 cm³/mol. The highest BCUT2D eigenvalue weighted by Gasteiger charge is 2.44. The Morgan fingerprint density at radius 2 is 1.80 bits per heavy atom. The van der Waals surface area contributed by atoms with Crippen LogP contribution in [0.15, 0.2) is 0 Å². The molecule has 0 saturated carbocycles. The molecule has 3 nitrogen and oxygen atoms in total. The molecule has 9 heteroatoms. The molecule has 0 radical (unpaired) electrons. The van der Waals surface area contributed by atoms with E-state index in [2.05, 4.69) is 0 Å². The molecule has 0 amide bonds. The van der Waals surface area contributed by atoms with Crippen molar-refractivity contribution in [3.63, 3.8) is 0 Å². The highest BCUT2D eigenvalue weighted by atomic mass is 35.6.